The minimum atomic E-state index is 0.767. The highest BCUT2D eigenvalue weighted by Crippen LogP contribution is 2.09. The molecule has 0 aliphatic rings. The van der Waals surface area contributed by atoms with Gasteiger partial charge in [0.1, 0.15) is 6.40 Å². The van der Waals surface area contributed by atoms with Crippen molar-refractivity contribution < 1.29 is 4.65 Å². The van der Waals surface area contributed by atoms with Crippen LogP contribution in [0.15, 0.2) is 53.8 Å². The fraction of sp³-hybridized carbons (Fsp3) is 0.421. The van der Waals surface area contributed by atoms with E-state index < -0.39 is 0 Å². The predicted octanol–water partition coefficient (Wildman–Crippen LogP) is 3.17. The van der Waals surface area contributed by atoms with Crippen LogP contribution in [0.25, 0.3) is 0 Å². The molecule has 0 amide bonds. The summed E-state index contributed by atoms with van der Waals surface area (Å²) in [6.45, 7) is 3.48. The van der Waals surface area contributed by atoms with Gasteiger partial charge in [0.05, 0.1) is 11.4 Å². The number of unbranched alkanes of at least 4 members (excludes halogenated alkanes) is 3. The minimum absolute atomic E-state index is 0.767. The van der Waals surface area contributed by atoms with Crippen LogP contribution in [-0.4, -0.2) is 42.4 Å². The van der Waals surface area contributed by atoms with E-state index in [1.165, 1.54) is 12.8 Å². The van der Waals surface area contributed by atoms with Crippen molar-refractivity contribution in [1.29, 1.82) is 0 Å². The van der Waals surface area contributed by atoms with E-state index in [1.807, 2.05) is 36.7 Å². The van der Waals surface area contributed by atoms with Crippen LogP contribution in [0.3, 0.4) is 0 Å². The molecular weight excluding hydrogens is 311 g/mol. The molecule has 2 radical (unpaired) electrons. The van der Waals surface area contributed by atoms with Crippen LogP contribution in [0.4, 0.5) is 0 Å². The van der Waals surface area contributed by atoms with E-state index in [2.05, 4.69) is 36.6 Å². The van der Waals surface area contributed by atoms with E-state index >= 15 is 0 Å². The van der Waals surface area contributed by atoms with Crippen molar-refractivity contribution >= 4 is 14.4 Å². The summed E-state index contributed by atoms with van der Waals surface area (Å²) in [6.07, 6.45) is 9.53. The molecular formula is C19H25BN4O. The zero-order valence-corrected chi connectivity index (χ0v) is 14.6. The van der Waals surface area contributed by atoms with Crippen molar-refractivity contribution in [1.82, 2.24) is 14.9 Å². The Morgan fingerprint density at radius 3 is 2.12 bits per heavy atom. The first-order valence-electron chi connectivity index (χ1n) is 8.74. The van der Waals surface area contributed by atoms with Crippen molar-refractivity contribution in [2.75, 3.05) is 13.1 Å². The van der Waals surface area contributed by atoms with Gasteiger partial charge in [-0.2, -0.15) is 0 Å². The molecule has 6 heteroatoms. The number of nitrogens with zero attached hydrogens (tertiary/aromatic N) is 4. The highest BCUT2D eigenvalue weighted by molar-refractivity contribution is 6.02. The van der Waals surface area contributed by atoms with Crippen molar-refractivity contribution in [3.8, 4) is 0 Å². The van der Waals surface area contributed by atoms with Crippen LogP contribution in [0.5, 0.6) is 0 Å². The summed E-state index contributed by atoms with van der Waals surface area (Å²) in [5.74, 6) is 0. The number of hydrogen-bond acceptors (Lipinski definition) is 5. The average Bonchev–Trinajstić information content (AvgIpc) is 2.65. The van der Waals surface area contributed by atoms with Gasteiger partial charge in [0, 0.05) is 32.0 Å². The van der Waals surface area contributed by atoms with Crippen molar-refractivity contribution in [2.45, 2.75) is 38.8 Å². The second kappa shape index (κ2) is 12.2. The highest BCUT2D eigenvalue weighted by atomic mass is 16.4. The standard InChI is InChI=1S/C19H25BN4O/c20-25-17-21-11-5-1-2-8-14-24(15-18-9-3-6-12-22-18)16-19-10-4-7-13-23-19/h3-4,6-7,9-10,12-13,17H,1-2,5,8,11,14-16H2. The Balaban J connectivity index is 1.77. The van der Waals surface area contributed by atoms with Gasteiger partial charge in [-0.25, -0.2) is 0 Å². The molecule has 2 heterocycles. The summed E-state index contributed by atoms with van der Waals surface area (Å²) in [5.41, 5.74) is 2.18. The third kappa shape index (κ3) is 8.45. The van der Waals surface area contributed by atoms with Gasteiger partial charge in [-0.1, -0.05) is 25.0 Å². The van der Waals surface area contributed by atoms with Gasteiger partial charge in [-0.15, -0.1) is 0 Å². The van der Waals surface area contributed by atoms with Crippen molar-refractivity contribution in [2.24, 2.45) is 4.99 Å². The fourth-order valence-electron chi connectivity index (χ4n) is 2.64. The van der Waals surface area contributed by atoms with Gasteiger partial charge in [0.15, 0.2) is 0 Å². The number of pyridine rings is 2. The molecule has 5 nitrogen and oxygen atoms in total. The molecule has 0 atom stereocenters. The molecule has 25 heavy (non-hydrogen) atoms. The normalized spacial score (nSPS) is 11.2. The third-order valence-corrected chi connectivity index (χ3v) is 3.87. The van der Waals surface area contributed by atoms with E-state index in [9.17, 15) is 0 Å². The second-order valence-corrected chi connectivity index (χ2v) is 5.91. The Hall–Kier alpha value is -2.21. The van der Waals surface area contributed by atoms with E-state index in [0.29, 0.717) is 0 Å². The minimum Gasteiger partial charge on any atom is -0.560 e. The lowest BCUT2D eigenvalue weighted by molar-refractivity contribution is 0.244. The Kier molecular flexibility index (Phi) is 9.33. The summed E-state index contributed by atoms with van der Waals surface area (Å²) >= 11 is 0. The van der Waals surface area contributed by atoms with Crippen LogP contribution in [-0.2, 0) is 17.7 Å². The lowest BCUT2D eigenvalue weighted by Crippen LogP contribution is -2.25. The second-order valence-electron chi connectivity index (χ2n) is 5.91. The van der Waals surface area contributed by atoms with Gasteiger partial charge in [0.2, 0.25) is 0 Å². The molecule has 2 aromatic rings. The van der Waals surface area contributed by atoms with Crippen LogP contribution in [0.1, 0.15) is 37.1 Å². The summed E-state index contributed by atoms with van der Waals surface area (Å²) in [4.78, 5) is 15.3. The largest absolute Gasteiger partial charge is 0.560 e. The SMILES string of the molecule is [B]OC=NCCCCCCN(Cc1ccccn1)Cc1ccccn1. The van der Waals surface area contributed by atoms with Crippen LogP contribution < -0.4 is 0 Å². The Labute approximate surface area is 151 Å². The lowest BCUT2D eigenvalue weighted by atomic mass is 10.2. The maximum Gasteiger partial charge on any atom is 0.375 e. The molecule has 0 saturated carbocycles. The van der Waals surface area contributed by atoms with Gasteiger partial charge in [-0.3, -0.25) is 19.9 Å². The Bertz CT molecular complexity index is 553. The highest BCUT2D eigenvalue weighted by Gasteiger charge is 2.08. The molecule has 0 spiro atoms. The van der Waals surface area contributed by atoms with Crippen LogP contribution in [0.2, 0.25) is 0 Å². The first kappa shape index (κ1) is 19.1. The maximum atomic E-state index is 4.89. The van der Waals surface area contributed by atoms with E-state index in [0.717, 1.165) is 56.8 Å². The van der Waals surface area contributed by atoms with E-state index in [1.54, 1.807) is 0 Å². The smallest absolute Gasteiger partial charge is 0.375 e. The number of aromatic nitrogens is 2. The number of aliphatic imine (C=N–C) groups is 1. The van der Waals surface area contributed by atoms with Gasteiger partial charge in [-0.05, 0) is 43.7 Å². The fourth-order valence-corrected chi connectivity index (χ4v) is 2.64. The van der Waals surface area contributed by atoms with Crippen LogP contribution >= 0.6 is 0 Å². The maximum absolute atomic E-state index is 4.89. The molecule has 2 aromatic heterocycles. The Morgan fingerprint density at radius 2 is 1.56 bits per heavy atom. The van der Waals surface area contributed by atoms with Crippen LogP contribution in [0, 0.1) is 0 Å². The molecule has 0 aliphatic heterocycles. The molecule has 0 aliphatic carbocycles. The zero-order valence-electron chi connectivity index (χ0n) is 14.6. The van der Waals surface area contributed by atoms with Gasteiger partial charge >= 0.3 is 8.05 Å². The zero-order chi connectivity index (χ0) is 17.6. The molecule has 2 rings (SSSR count). The molecule has 0 fully saturated rings. The summed E-state index contributed by atoms with van der Waals surface area (Å²) in [7, 11) is 4.89. The monoisotopic (exact) mass is 336 g/mol. The molecule has 0 unspecified atom stereocenters. The number of hydrogen-bond donors (Lipinski definition) is 0. The number of rotatable bonds is 12. The molecule has 130 valence electrons. The predicted molar refractivity (Wildman–Crippen MR) is 101 cm³/mol. The van der Waals surface area contributed by atoms with Gasteiger partial charge in [0.25, 0.3) is 0 Å². The first-order valence-corrected chi connectivity index (χ1v) is 8.74. The Morgan fingerprint density at radius 1 is 0.920 bits per heavy atom. The summed E-state index contributed by atoms with van der Waals surface area (Å²) in [6, 6.07) is 12.1. The average molecular weight is 336 g/mol. The van der Waals surface area contributed by atoms with Crippen molar-refractivity contribution in [3.05, 3.63) is 60.2 Å². The quantitative estimate of drug-likeness (QED) is 0.259. The van der Waals surface area contributed by atoms with Crippen molar-refractivity contribution in [3.63, 3.8) is 0 Å². The van der Waals surface area contributed by atoms with Gasteiger partial charge < -0.3 is 4.65 Å². The molecule has 0 N–H and O–H groups in total. The lowest BCUT2D eigenvalue weighted by Gasteiger charge is -2.21. The first-order chi connectivity index (χ1) is 12.4. The molecule has 0 bridgehead atoms. The molecule has 0 saturated heterocycles. The van der Waals surface area contributed by atoms with E-state index in [4.69, 9.17) is 8.05 Å². The summed E-state index contributed by atoms with van der Waals surface area (Å²) in [5, 5.41) is 0. The molecule has 0 aromatic carbocycles. The topological polar surface area (TPSA) is 50.6 Å². The summed E-state index contributed by atoms with van der Waals surface area (Å²) < 4.78 is 4.30. The van der Waals surface area contributed by atoms with E-state index in [-0.39, 0.29) is 0 Å². The third-order valence-electron chi connectivity index (χ3n) is 3.87.